The van der Waals surface area contributed by atoms with Gasteiger partial charge in [0.15, 0.2) is 0 Å². The van der Waals surface area contributed by atoms with Gasteiger partial charge in [-0.1, -0.05) is 36.2 Å². The van der Waals surface area contributed by atoms with Gasteiger partial charge in [0, 0.05) is 22.1 Å². The van der Waals surface area contributed by atoms with Crippen molar-refractivity contribution < 1.29 is 0 Å². The summed E-state index contributed by atoms with van der Waals surface area (Å²) in [7, 11) is 0. The Morgan fingerprint density at radius 3 is 2.38 bits per heavy atom. The maximum absolute atomic E-state index is 6.08. The molecule has 0 bridgehead atoms. The summed E-state index contributed by atoms with van der Waals surface area (Å²) in [6.07, 6.45) is 1.08. The molecule has 0 fully saturated rings. The van der Waals surface area contributed by atoms with Crippen molar-refractivity contribution in [2.45, 2.75) is 39.3 Å². The Labute approximate surface area is 114 Å². The largest absolute Gasteiger partial charge is 0.308 e. The van der Waals surface area contributed by atoms with Gasteiger partial charge >= 0.3 is 0 Å². The quantitative estimate of drug-likeness (QED) is 0.844. The third kappa shape index (κ3) is 4.92. The Morgan fingerprint density at radius 2 is 1.88 bits per heavy atom. The van der Waals surface area contributed by atoms with Crippen molar-refractivity contribution in [3.05, 3.63) is 33.8 Å². The second-order valence-electron chi connectivity index (χ2n) is 4.33. The molecule has 1 aromatic rings. The minimum Gasteiger partial charge on any atom is -0.308 e. The molecule has 0 aliphatic rings. The minimum atomic E-state index is 0. The molecule has 1 nitrogen and oxygen atoms in total. The fourth-order valence-electron chi connectivity index (χ4n) is 1.12. The van der Waals surface area contributed by atoms with Crippen molar-refractivity contribution in [1.29, 1.82) is 0 Å². The molecule has 0 saturated carbocycles. The standard InChI is InChI=1S/C12H17Cl2N.ClH/c1-4-12(2,3)15-8-9-5-6-10(13)7-11(9)14;/h5-7,15H,4,8H2,1-3H3;1H. The fraction of sp³-hybridized carbons (Fsp3) is 0.500. The van der Waals surface area contributed by atoms with E-state index in [9.17, 15) is 0 Å². The third-order valence-corrected chi connectivity index (χ3v) is 3.24. The molecule has 0 atom stereocenters. The van der Waals surface area contributed by atoms with Crippen LogP contribution in [0.2, 0.25) is 10.0 Å². The van der Waals surface area contributed by atoms with Crippen LogP contribution in [0.5, 0.6) is 0 Å². The van der Waals surface area contributed by atoms with E-state index in [2.05, 4.69) is 26.1 Å². The van der Waals surface area contributed by atoms with Gasteiger partial charge in [-0.25, -0.2) is 0 Å². The lowest BCUT2D eigenvalue weighted by molar-refractivity contribution is 0.374. The summed E-state index contributed by atoms with van der Waals surface area (Å²) in [6, 6.07) is 5.60. The molecule has 0 radical (unpaired) electrons. The van der Waals surface area contributed by atoms with E-state index in [1.54, 1.807) is 6.07 Å². The highest BCUT2D eigenvalue weighted by molar-refractivity contribution is 6.35. The lowest BCUT2D eigenvalue weighted by Crippen LogP contribution is -2.37. The zero-order chi connectivity index (χ0) is 11.5. The molecule has 0 unspecified atom stereocenters. The molecule has 16 heavy (non-hydrogen) atoms. The van der Waals surface area contributed by atoms with Crippen molar-refractivity contribution in [3.63, 3.8) is 0 Å². The molecule has 92 valence electrons. The summed E-state index contributed by atoms with van der Waals surface area (Å²) in [4.78, 5) is 0. The van der Waals surface area contributed by atoms with Crippen LogP contribution < -0.4 is 5.32 Å². The van der Waals surface area contributed by atoms with Crippen LogP contribution in [0, 0.1) is 0 Å². The molecule has 0 heterocycles. The number of benzene rings is 1. The second kappa shape index (κ2) is 6.70. The lowest BCUT2D eigenvalue weighted by atomic mass is 10.0. The smallest absolute Gasteiger partial charge is 0.0465 e. The van der Waals surface area contributed by atoms with Crippen molar-refractivity contribution in [2.24, 2.45) is 0 Å². The number of halogens is 3. The molecule has 0 aliphatic carbocycles. The molecule has 1 rings (SSSR count). The molecule has 0 amide bonds. The van der Waals surface area contributed by atoms with Crippen molar-refractivity contribution >= 4 is 35.6 Å². The first-order valence-corrected chi connectivity index (χ1v) is 5.89. The summed E-state index contributed by atoms with van der Waals surface area (Å²) >= 11 is 11.9. The monoisotopic (exact) mass is 281 g/mol. The van der Waals surface area contributed by atoms with Gasteiger partial charge in [-0.15, -0.1) is 12.4 Å². The van der Waals surface area contributed by atoms with E-state index in [1.807, 2.05) is 12.1 Å². The Hall–Kier alpha value is 0.0500. The topological polar surface area (TPSA) is 12.0 Å². The first-order chi connectivity index (χ1) is 6.94. The highest BCUT2D eigenvalue weighted by atomic mass is 35.5. The zero-order valence-electron chi connectivity index (χ0n) is 9.81. The summed E-state index contributed by atoms with van der Waals surface area (Å²) in [5.41, 5.74) is 1.23. The van der Waals surface area contributed by atoms with E-state index in [4.69, 9.17) is 23.2 Å². The summed E-state index contributed by atoms with van der Waals surface area (Å²) in [5.74, 6) is 0. The number of hydrogen-bond donors (Lipinski definition) is 1. The fourth-order valence-corrected chi connectivity index (χ4v) is 1.60. The molecule has 1 N–H and O–H groups in total. The Bertz CT molecular complexity index is 337. The zero-order valence-corrected chi connectivity index (χ0v) is 12.1. The minimum absolute atomic E-state index is 0. The maximum atomic E-state index is 6.08. The van der Waals surface area contributed by atoms with E-state index in [0.29, 0.717) is 5.02 Å². The molecule has 0 aliphatic heterocycles. The first-order valence-electron chi connectivity index (χ1n) is 5.13. The predicted octanol–water partition coefficient (Wildman–Crippen LogP) is 4.69. The Balaban J connectivity index is 0.00000225. The predicted molar refractivity (Wildman–Crippen MR) is 74.9 cm³/mol. The van der Waals surface area contributed by atoms with Crippen LogP contribution in [0.1, 0.15) is 32.8 Å². The van der Waals surface area contributed by atoms with Crippen molar-refractivity contribution in [2.75, 3.05) is 0 Å². The third-order valence-electron chi connectivity index (χ3n) is 2.66. The van der Waals surface area contributed by atoms with Gasteiger partial charge < -0.3 is 5.32 Å². The first kappa shape index (κ1) is 16.1. The van der Waals surface area contributed by atoms with Crippen LogP contribution in [-0.2, 0) is 6.54 Å². The lowest BCUT2D eigenvalue weighted by Gasteiger charge is -2.24. The highest BCUT2D eigenvalue weighted by Gasteiger charge is 2.14. The van der Waals surface area contributed by atoms with Crippen LogP contribution in [0.15, 0.2) is 18.2 Å². The van der Waals surface area contributed by atoms with Crippen LogP contribution >= 0.6 is 35.6 Å². The summed E-state index contributed by atoms with van der Waals surface area (Å²) < 4.78 is 0. The summed E-state index contributed by atoms with van der Waals surface area (Å²) in [6.45, 7) is 7.29. The number of rotatable bonds is 4. The molecule has 4 heteroatoms. The molecular formula is C12H18Cl3N. The van der Waals surface area contributed by atoms with E-state index >= 15 is 0 Å². The van der Waals surface area contributed by atoms with Crippen LogP contribution in [0.3, 0.4) is 0 Å². The van der Waals surface area contributed by atoms with Crippen LogP contribution in [0.4, 0.5) is 0 Å². The van der Waals surface area contributed by atoms with Gasteiger partial charge in [0.25, 0.3) is 0 Å². The summed E-state index contributed by atoms with van der Waals surface area (Å²) in [5, 5.41) is 4.86. The molecule has 0 aromatic heterocycles. The van der Waals surface area contributed by atoms with E-state index in [-0.39, 0.29) is 17.9 Å². The molecule has 1 aromatic carbocycles. The second-order valence-corrected chi connectivity index (χ2v) is 5.17. The van der Waals surface area contributed by atoms with Crippen LogP contribution in [-0.4, -0.2) is 5.54 Å². The van der Waals surface area contributed by atoms with Crippen LogP contribution in [0.25, 0.3) is 0 Å². The molecule has 0 saturated heterocycles. The van der Waals surface area contributed by atoms with Gasteiger partial charge in [0.2, 0.25) is 0 Å². The van der Waals surface area contributed by atoms with Gasteiger partial charge in [-0.2, -0.15) is 0 Å². The van der Waals surface area contributed by atoms with Gasteiger partial charge in [0.05, 0.1) is 0 Å². The highest BCUT2D eigenvalue weighted by Crippen LogP contribution is 2.21. The number of nitrogens with one attached hydrogen (secondary N) is 1. The maximum Gasteiger partial charge on any atom is 0.0465 e. The van der Waals surface area contributed by atoms with Crippen molar-refractivity contribution in [1.82, 2.24) is 5.32 Å². The Kier molecular flexibility index (Phi) is 6.73. The van der Waals surface area contributed by atoms with E-state index < -0.39 is 0 Å². The SMILES string of the molecule is CCC(C)(C)NCc1ccc(Cl)cc1Cl.Cl. The molecular weight excluding hydrogens is 264 g/mol. The average Bonchev–Trinajstić information content (AvgIpc) is 2.16. The normalized spacial score (nSPS) is 11.1. The average molecular weight is 283 g/mol. The number of hydrogen-bond acceptors (Lipinski definition) is 1. The van der Waals surface area contributed by atoms with E-state index in [1.165, 1.54) is 0 Å². The van der Waals surface area contributed by atoms with E-state index in [0.717, 1.165) is 23.6 Å². The molecule has 0 spiro atoms. The van der Waals surface area contributed by atoms with Crippen molar-refractivity contribution in [3.8, 4) is 0 Å². The van der Waals surface area contributed by atoms with Gasteiger partial charge in [-0.05, 0) is 38.0 Å². The van der Waals surface area contributed by atoms with Gasteiger partial charge in [0.1, 0.15) is 0 Å². The van der Waals surface area contributed by atoms with Gasteiger partial charge in [-0.3, -0.25) is 0 Å². The Morgan fingerprint density at radius 1 is 1.25 bits per heavy atom.